The first-order chi connectivity index (χ1) is 9.15. The third-order valence-electron chi connectivity index (χ3n) is 2.83. The van der Waals surface area contributed by atoms with Crippen LogP contribution in [0.2, 0.25) is 0 Å². The summed E-state index contributed by atoms with van der Waals surface area (Å²) >= 11 is 0. The maximum Gasteiger partial charge on any atom is 0.196 e. The van der Waals surface area contributed by atoms with E-state index in [0.29, 0.717) is 17.9 Å². The van der Waals surface area contributed by atoms with E-state index in [-0.39, 0.29) is 11.3 Å². The predicted octanol–water partition coefficient (Wildman–Crippen LogP) is 2.52. The van der Waals surface area contributed by atoms with E-state index in [2.05, 4.69) is 0 Å². The van der Waals surface area contributed by atoms with Crippen molar-refractivity contribution < 1.29 is 13.9 Å². The monoisotopic (exact) mass is 259 g/mol. The molecule has 0 aromatic heterocycles. The average Bonchev–Trinajstić information content (AvgIpc) is 2.46. The lowest BCUT2D eigenvalue weighted by molar-refractivity contribution is 0.103. The molecule has 2 aromatic rings. The minimum absolute atomic E-state index is 0.205. The van der Waals surface area contributed by atoms with Crippen LogP contribution < -0.4 is 10.5 Å². The third-order valence-corrected chi connectivity index (χ3v) is 2.83. The second-order valence-electron chi connectivity index (χ2n) is 4.08. The maximum atomic E-state index is 13.3. The molecule has 0 aliphatic heterocycles. The van der Waals surface area contributed by atoms with Crippen LogP contribution in [0.4, 0.5) is 4.39 Å². The highest BCUT2D eigenvalue weighted by Gasteiger charge is 2.15. The number of ketones is 1. The van der Waals surface area contributed by atoms with E-state index in [9.17, 15) is 9.18 Å². The second-order valence-corrected chi connectivity index (χ2v) is 4.08. The van der Waals surface area contributed by atoms with Crippen LogP contribution >= 0.6 is 0 Å². The van der Waals surface area contributed by atoms with Gasteiger partial charge in [0.2, 0.25) is 0 Å². The third kappa shape index (κ3) is 2.80. The van der Waals surface area contributed by atoms with Gasteiger partial charge in [0.15, 0.2) is 5.78 Å². The summed E-state index contributed by atoms with van der Waals surface area (Å²) in [5, 5.41) is 0. The number of carbonyl (C=O) groups is 1. The molecule has 98 valence electrons. The van der Waals surface area contributed by atoms with Crippen LogP contribution in [0.15, 0.2) is 42.5 Å². The van der Waals surface area contributed by atoms with Crippen molar-refractivity contribution >= 4 is 5.78 Å². The number of rotatable bonds is 4. The molecule has 0 aliphatic rings. The standard InChI is InChI=1S/C15H14FNO2/c1-19-14-6-5-12(16)8-13(14)15(18)11-4-2-3-10(7-11)9-17/h2-8H,9,17H2,1H3. The zero-order valence-electron chi connectivity index (χ0n) is 10.5. The van der Waals surface area contributed by atoms with E-state index in [1.165, 1.54) is 25.3 Å². The first-order valence-electron chi connectivity index (χ1n) is 5.83. The molecule has 19 heavy (non-hydrogen) atoms. The second kappa shape index (κ2) is 5.63. The van der Waals surface area contributed by atoms with Gasteiger partial charge in [0, 0.05) is 12.1 Å². The lowest BCUT2D eigenvalue weighted by Gasteiger charge is -2.08. The van der Waals surface area contributed by atoms with Gasteiger partial charge in [0.1, 0.15) is 11.6 Å². The molecule has 0 heterocycles. The van der Waals surface area contributed by atoms with Crippen LogP contribution in [-0.2, 0) is 6.54 Å². The van der Waals surface area contributed by atoms with Gasteiger partial charge in [-0.15, -0.1) is 0 Å². The Bertz CT molecular complexity index is 611. The zero-order valence-corrected chi connectivity index (χ0v) is 10.5. The summed E-state index contributed by atoms with van der Waals surface area (Å²) in [7, 11) is 1.44. The molecule has 0 bridgehead atoms. The minimum Gasteiger partial charge on any atom is -0.496 e. The summed E-state index contributed by atoms with van der Waals surface area (Å²) in [6.07, 6.45) is 0. The number of methoxy groups -OCH3 is 1. The maximum absolute atomic E-state index is 13.3. The van der Waals surface area contributed by atoms with Gasteiger partial charge in [-0.05, 0) is 29.8 Å². The summed E-state index contributed by atoms with van der Waals surface area (Å²) in [6, 6.07) is 10.8. The molecular formula is C15H14FNO2. The molecule has 0 amide bonds. The van der Waals surface area contributed by atoms with Crippen LogP contribution in [0.1, 0.15) is 21.5 Å². The van der Waals surface area contributed by atoms with Gasteiger partial charge in [-0.25, -0.2) is 4.39 Å². The molecule has 0 atom stereocenters. The molecule has 3 nitrogen and oxygen atoms in total. The van der Waals surface area contributed by atoms with E-state index >= 15 is 0 Å². The van der Waals surface area contributed by atoms with Crippen molar-refractivity contribution in [1.29, 1.82) is 0 Å². The van der Waals surface area contributed by atoms with Gasteiger partial charge in [-0.3, -0.25) is 4.79 Å². The van der Waals surface area contributed by atoms with E-state index in [0.717, 1.165) is 5.56 Å². The Hall–Kier alpha value is -2.20. The van der Waals surface area contributed by atoms with Crippen LogP contribution in [0.5, 0.6) is 5.75 Å². The number of benzene rings is 2. The Morgan fingerprint density at radius 2 is 2.05 bits per heavy atom. The summed E-state index contributed by atoms with van der Waals surface area (Å²) < 4.78 is 18.4. The summed E-state index contributed by atoms with van der Waals surface area (Å²) in [5.74, 6) is -0.407. The molecule has 2 rings (SSSR count). The minimum atomic E-state index is -0.473. The molecular weight excluding hydrogens is 245 g/mol. The first-order valence-corrected chi connectivity index (χ1v) is 5.83. The van der Waals surface area contributed by atoms with Crippen molar-refractivity contribution in [2.75, 3.05) is 7.11 Å². The number of hydrogen-bond donors (Lipinski definition) is 1. The zero-order chi connectivity index (χ0) is 13.8. The fourth-order valence-corrected chi connectivity index (χ4v) is 1.85. The number of hydrogen-bond acceptors (Lipinski definition) is 3. The van der Waals surface area contributed by atoms with Crippen molar-refractivity contribution in [1.82, 2.24) is 0 Å². The van der Waals surface area contributed by atoms with Crippen molar-refractivity contribution in [3.05, 3.63) is 65.0 Å². The highest BCUT2D eigenvalue weighted by Crippen LogP contribution is 2.23. The van der Waals surface area contributed by atoms with Crippen molar-refractivity contribution in [3.63, 3.8) is 0 Å². The molecule has 0 fully saturated rings. The van der Waals surface area contributed by atoms with Crippen LogP contribution in [-0.4, -0.2) is 12.9 Å². The van der Waals surface area contributed by atoms with Gasteiger partial charge in [0.05, 0.1) is 12.7 Å². The largest absolute Gasteiger partial charge is 0.496 e. The van der Waals surface area contributed by atoms with E-state index in [4.69, 9.17) is 10.5 Å². The lowest BCUT2D eigenvalue weighted by atomic mass is 10.0. The molecule has 0 saturated heterocycles. The quantitative estimate of drug-likeness (QED) is 0.858. The normalized spacial score (nSPS) is 10.3. The average molecular weight is 259 g/mol. The van der Waals surface area contributed by atoms with Crippen molar-refractivity contribution in [2.45, 2.75) is 6.54 Å². The predicted molar refractivity (Wildman–Crippen MR) is 70.7 cm³/mol. The Balaban J connectivity index is 2.46. The number of halogens is 1. The highest BCUT2D eigenvalue weighted by molar-refractivity contribution is 6.10. The van der Waals surface area contributed by atoms with Crippen LogP contribution in [0.25, 0.3) is 0 Å². The van der Waals surface area contributed by atoms with Gasteiger partial charge in [-0.1, -0.05) is 18.2 Å². The van der Waals surface area contributed by atoms with Gasteiger partial charge in [-0.2, -0.15) is 0 Å². The Morgan fingerprint density at radius 1 is 1.26 bits per heavy atom. The molecule has 4 heteroatoms. The summed E-state index contributed by atoms with van der Waals surface area (Å²) in [5.41, 5.74) is 7.06. The molecule has 0 aliphatic carbocycles. The fraction of sp³-hybridized carbons (Fsp3) is 0.133. The van der Waals surface area contributed by atoms with Crippen LogP contribution in [0, 0.1) is 5.82 Å². The highest BCUT2D eigenvalue weighted by atomic mass is 19.1. The summed E-state index contributed by atoms with van der Waals surface area (Å²) in [6.45, 7) is 0.349. The van der Waals surface area contributed by atoms with E-state index < -0.39 is 5.82 Å². The fourth-order valence-electron chi connectivity index (χ4n) is 1.85. The SMILES string of the molecule is COc1ccc(F)cc1C(=O)c1cccc(CN)c1. The molecule has 0 saturated carbocycles. The Kier molecular flexibility index (Phi) is 3.92. The molecule has 0 spiro atoms. The number of carbonyl (C=O) groups excluding carboxylic acids is 1. The topological polar surface area (TPSA) is 52.3 Å². The smallest absolute Gasteiger partial charge is 0.196 e. The van der Waals surface area contributed by atoms with Crippen LogP contribution in [0.3, 0.4) is 0 Å². The lowest BCUT2D eigenvalue weighted by Crippen LogP contribution is -2.06. The molecule has 0 radical (unpaired) electrons. The molecule has 2 aromatic carbocycles. The van der Waals surface area contributed by atoms with E-state index in [1.807, 2.05) is 6.07 Å². The number of ether oxygens (including phenoxy) is 1. The van der Waals surface area contributed by atoms with E-state index in [1.54, 1.807) is 18.2 Å². The van der Waals surface area contributed by atoms with Crippen molar-refractivity contribution in [3.8, 4) is 5.75 Å². The van der Waals surface area contributed by atoms with Gasteiger partial charge >= 0.3 is 0 Å². The number of nitrogens with two attached hydrogens (primary N) is 1. The van der Waals surface area contributed by atoms with Gasteiger partial charge in [0.25, 0.3) is 0 Å². The Morgan fingerprint density at radius 3 is 2.74 bits per heavy atom. The Labute approximate surface area is 110 Å². The van der Waals surface area contributed by atoms with Crippen molar-refractivity contribution in [2.24, 2.45) is 5.73 Å². The molecule has 2 N–H and O–H groups in total. The summed E-state index contributed by atoms with van der Waals surface area (Å²) in [4.78, 5) is 12.4. The van der Waals surface area contributed by atoms with Gasteiger partial charge < -0.3 is 10.5 Å². The first kappa shape index (κ1) is 13.2. The molecule has 0 unspecified atom stereocenters.